The molecule has 3 N–H and O–H groups in total. The summed E-state index contributed by atoms with van der Waals surface area (Å²) in [5.74, 6) is -0.976. The Morgan fingerprint density at radius 3 is 2.93 bits per heavy atom. The number of nitrogens with one attached hydrogen (secondary N) is 1. The minimum atomic E-state index is -1.62. The molecule has 0 fully saturated rings. The van der Waals surface area contributed by atoms with Crippen molar-refractivity contribution in [2.24, 2.45) is 0 Å². The molecule has 1 aromatic carbocycles. The maximum Gasteiger partial charge on any atom is 0.475 e. The second-order valence-corrected chi connectivity index (χ2v) is 7.63. The standard InChI is InChI=1S/C20H24BN3O3S/c1-3-6-18-14(2)15(12-28-18)11-19(21(26)27)23-20(25)9-10-24-13-22-16-7-4-5-8-17(16)24/h3-8,12-13,19,26-27H,9-11H2,1-2H3,(H,23,25). The number of benzene rings is 1. The third-order valence-electron chi connectivity index (χ3n) is 4.75. The number of hydrogen-bond donors (Lipinski definition) is 3. The molecular formula is C20H24BN3O3S. The van der Waals surface area contributed by atoms with Gasteiger partial charge in [-0.3, -0.25) is 4.79 Å². The maximum absolute atomic E-state index is 12.4. The van der Waals surface area contributed by atoms with E-state index in [0.29, 0.717) is 13.0 Å². The van der Waals surface area contributed by atoms with E-state index in [-0.39, 0.29) is 12.3 Å². The largest absolute Gasteiger partial charge is 0.475 e. The molecule has 3 aromatic rings. The fourth-order valence-electron chi connectivity index (χ4n) is 3.14. The minimum Gasteiger partial charge on any atom is -0.426 e. The van der Waals surface area contributed by atoms with Gasteiger partial charge in [-0.2, -0.15) is 0 Å². The number of thiophene rings is 1. The molecule has 1 amide bonds. The number of hydrogen-bond acceptors (Lipinski definition) is 5. The van der Waals surface area contributed by atoms with Crippen LogP contribution in [0.5, 0.6) is 0 Å². The molecule has 0 spiro atoms. The van der Waals surface area contributed by atoms with Crippen LogP contribution in [-0.2, 0) is 17.8 Å². The molecule has 146 valence electrons. The molecule has 3 rings (SSSR count). The second kappa shape index (κ2) is 9.19. The molecule has 6 nitrogen and oxygen atoms in total. The first-order valence-corrected chi connectivity index (χ1v) is 10.1. The summed E-state index contributed by atoms with van der Waals surface area (Å²) >= 11 is 1.61. The Hall–Kier alpha value is -2.42. The van der Waals surface area contributed by atoms with Crippen molar-refractivity contribution in [1.82, 2.24) is 14.9 Å². The van der Waals surface area contributed by atoms with Gasteiger partial charge < -0.3 is 19.9 Å². The maximum atomic E-state index is 12.4. The van der Waals surface area contributed by atoms with E-state index in [9.17, 15) is 14.8 Å². The summed E-state index contributed by atoms with van der Waals surface area (Å²) in [6.07, 6.45) is 6.33. The Balaban J connectivity index is 1.61. The van der Waals surface area contributed by atoms with Gasteiger partial charge in [0.2, 0.25) is 5.91 Å². The van der Waals surface area contributed by atoms with Gasteiger partial charge in [0.15, 0.2) is 0 Å². The Labute approximate surface area is 168 Å². The molecule has 1 atom stereocenters. The topological polar surface area (TPSA) is 87.4 Å². The first-order valence-electron chi connectivity index (χ1n) is 9.24. The number of carbonyl (C=O) groups is 1. The number of allylic oxidation sites excluding steroid dienone is 1. The zero-order chi connectivity index (χ0) is 20.1. The fourth-order valence-corrected chi connectivity index (χ4v) is 4.21. The first-order chi connectivity index (χ1) is 13.5. The lowest BCUT2D eigenvalue weighted by atomic mass is 9.75. The van der Waals surface area contributed by atoms with E-state index >= 15 is 0 Å². The number of amides is 1. The van der Waals surface area contributed by atoms with Gasteiger partial charge in [0.1, 0.15) is 0 Å². The van der Waals surface area contributed by atoms with E-state index in [1.807, 2.05) is 60.2 Å². The van der Waals surface area contributed by atoms with Gasteiger partial charge in [-0.25, -0.2) is 4.98 Å². The van der Waals surface area contributed by atoms with Crippen LogP contribution in [-0.4, -0.2) is 38.6 Å². The summed E-state index contributed by atoms with van der Waals surface area (Å²) in [5, 5.41) is 24.2. The lowest BCUT2D eigenvalue weighted by Crippen LogP contribution is -2.48. The molecule has 0 bridgehead atoms. The molecule has 0 aliphatic carbocycles. The molecule has 0 saturated carbocycles. The van der Waals surface area contributed by atoms with Gasteiger partial charge in [-0.15, -0.1) is 11.3 Å². The smallest absolute Gasteiger partial charge is 0.426 e. The van der Waals surface area contributed by atoms with Crippen LogP contribution in [0, 0.1) is 6.92 Å². The number of fused-ring (bicyclic) bond motifs is 1. The highest BCUT2D eigenvalue weighted by atomic mass is 32.1. The highest BCUT2D eigenvalue weighted by Crippen LogP contribution is 2.24. The lowest BCUT2D eigenvalue weighted by molar-refractivity contribution is -0.121. The van der Waals surface area contributed by atoms with Crippen molar-refractivity contribution in [2.75, 3.05) is 0 Å². The number of carbonyl (C=O) groups excluding carboxylic acids is 1. The van der Waals surface area contributed by atoms with Crippen LogP contribution in [0.1, 0.15) is 29.3 Å². The molecular weight excluding hydrogens is 373 g/mol. The predicted molar refractivity (Wildman–Crippen MR) is 114 cm³/mol. The monoisotopic (exact) mass is 397 g/mol. The van der Waals surface area contributed by atoms with Crippen LogP contribution in [0.2, 0.25) is 0 Å². The highest BCUT2D eigenvalue weighted by Gasteiger charge is 2.26. The van der Waals surface area contributed by atoms with Crippen molar-refractivity contribution in [2.45, 2.75) is 39.2 Å². The number of aromatic nitrogens is 2. The SMILES string of the molecule is CC=Cc1scc(CC(NC(=O)CCn2cnc3ccccc32)B(O)O)c1C. The predicted octanol–water partition coefficient (Wildman–Crippen LogP) is 2.57. The number of aryl methyl sites for hydroxylation is 1. The molecule has 8 heteroatoms. The molecule has 0 aliphatic heterocycles. The third kappa shape index (κ3) is 4.70. The van der Waals surface area contributed by atoms with E-state index < -0.39 is 13.1 Å². The van der Waals surface area contributed by atoms with Gasteiger partial charge in [-0.1, -0.05) is 18.2 Å². The summed E-state index contributed by atoms with van der Waals surface area (Å²) in [4.78, 5) is 17.9. The van der Waals surface area contributed by atoms with Gasteiger partial charge in [0, 0.05) is 17.8 Å². The lowest BCUT2D eigenvalue weighted by Gasteiger charge is -2.18. The highest BCUT2D eigenvalue weighted by molar-refractivity contribution is 7.11. The quantitative estimate of drug-likeness (QED) is 0.510. The number of para-hydroxylation sites is 2. The van der Waals surface area contributed by atoms with E-state index in [1.165, 1.54) is 0 Å². The van der Waals surface area contributed by atoms with Crippen molar-refractivity contribution >= 4 is 41.5 Å². The van der Waals surface area contributed by atoms with E-state index in [2.05, 4.69) is 10.3 Å². The van der Waals surface area contributed by atoms with Crippen LogP contribution in [0.3, 0.4) is 0 Å². The fraction of sp³-hybridized carbons (Fsp3) is 0.300. The second-order valence-electron chi connectivity index (χ2n) is 6.72. The average Bonchev–Trinajstić information content (AvgIpc) is 3.24. The van der Waals surface area contributed by atoms with Crippen LogP contribution < -0.4 is 5.32 Å². The van der Waals surface area contributed by atoms with Crippen LogP contribution in [0.4, 0.5) is 0 Å². The van der Waals surface area contributed by atoms with Gasteiger partial charge in [0.05, 0.1) is 23.3 Å². The van der Waals surface area contributed by atoms with Crippen molar-refractivity contribution in [3.05, 3.63) is 58.1 Å². The summed E-state index contributed by atoms with van der Waals surface area (Å²) in [6.45, 7) is 4.44. The van der Waals surface area contributed by atoms with Gasteiger partial charge in [-0.05, 0) is 55.0 Å². The van der Waals surface area contributed by atoms with Crippen molar-refractivity contribution < 1.29 is 14.8 Å². The molecule has 0 saturated heterocycles. The first kappa shape index (κ1) is 20.3. The van der Waals surface area contributed by atoms with Gasteiger partial charge >= 0.3 is 7.12 Å². The van der Waals surface area contributed by atoms with Crippen LogP contribution in [0.25, 0.3) is 17.1 Å². The Bertz CT molecular complexity index is 980. The summed E-state index contributed by atoms with van der Waals surface area (Å²) in [7, 11) is -1.62. The molecule has 2 heterocycles. The van der Waals surface area contributed by atoms with E-state index in [1.54, 1.807) is 17.7 Å². The molecule has 28 heavy (non-hydrogen) atoms. The summed E-state index contributed by atoms with van der Waals surface area (Å²) in [5.41, 5.74) is 3.97. The van der Waals surface area contributed by atoms with Crippen molar-refractivity contribution in [1.29, 1.82) is 0 Å². The van der Waals surface area contributed by atoms with Crippen LogP contribution in [0.15, 0.2) is 42.0 Å². The van der Waals surface area contributed by atoms with Gasteiger partial charge in [0.25, 0.3) is 0 Å². The number of rotatable bonds is 8. The van der Waals surface area contributed by atoms with Crippen molar-refractivity contribution in [3.63, 3.8) is 0 Å². The Morgan fingerprint density at radius 1 is 1.39 bits per heavy atom. The number of nitrogens with zero attached hydrogens (tertiary/aromatic N) is 2. The van der Waals surface area contributed by atoms with Crippen LogP contribution >= 0.6 is 11.3 Å². The van der Waals surface area contributed by atoms with Crippen molar-refractivity contribution in [3.8, 4) is 0 Å². The molecule has 0 aliphatic rings. The van der Waals surface area contributed by atoms with E-state index in [4.69, 9.17) is 0 Å². The normalized spacial score (nSPS) is 12.6. The Kier molecular flexibility index (Phi) is 6.67. The molecule has 2 aromatic heterocycles. The van der Waals surface area contributed by atoms with E-state index in [0.717, 1.165) is 27.0 Å². The zero-order valence-electron chi connectivity index (χ0n) is 16.0. The minimum absolute atomic E-state index is 0.225. The summed E-state index contributed by atoms with van der Waals surface area (Å²) < 4.78 is 1.92. The number of imidazole rings is 1. The molecule has 1 unspecified atom stereocenters. The third-order valence-corrected chi connectivity index (χ3v) is 5.85. The average molecular weight is 397 g/mol. The zero-order valence-corrected chi connectivity index (χ0v) is 16.8. The Morgan fingerprint density at radius 2 is 2.18 bits per heavy atom. The summed E-state index contributed by atoms with van der Waals surface area (Å²) in [6, 6.07) is 7.75. The molecule has 0 radical (unpaired) electrons.